The molecule has 0 aromatic carbocycles. The Balaban J connectivity index is 2.35. The van der Waals surface area contributed by atoms with E-state index in [0.717, 1.165) is 11.7 Å². The number of aliphatic hydroxyl groups excluding tert-OH is 2. The molecule has 13 heavy (non-hydrogen) atoms. The largest absolute Gasteiger partial charge is 0.394 e. The molecule has 0 bridgehead atoms. The lowest BCUT2D eigenvalue weighted by Crippen LogP contribution is -2.33. The SMILES string of the molecule is O=C(NCC(O)CO)c1cnsn1. The fraction of sp³-hybridized carbons (Fsp3) is 0.500. The van der Waals surface area contributed by atoms with E-state index >= 15 is 0 Å². The van der Waals surface area contributed by atoms with Gasteiger partial charge in [0.05, 0.1) is 30.6 Å². The Kier molecular flexibility index (Phi) is 3.74. The number of carbonyl (C=O) groups excluding carboxylic acids is 1. The highest BCUT2D eigenvalue weighted by Crippen LogP contribution is 1.94. The van der Waals surface area contributed by atoms with Gasteiger partial charge in [0.15, 0.2) is 5.69 Å². The second-order valence-corrected chi connectivity index (χ2v) is 2.90. The fourth-order valence-corrected chi connectivity index (χ4v) is 1.04. The molecule has 1 rings (SSSR count). The highest BCUT2D eigenvalue weighted by Gasteiger charge is 2.09. The van der Waals surface area contributed by atoms with Crippen molar-refractivity contribution in [3.05, 3.63) is 11.9 Å². The van der Waals surface area contributed by atoms with Crippen LogP contribution in [0.5, 0.6) is 0 Å². The van der Waals surface area contributed by atoms with Gasteiger partial charge in [-0.3, -0.25) is 4.79 Å². The predicted octanol–water partition coefficient (Wildman–Crippen LogP) is -1.38. The van der Waals surface area contributed by atoms with Crippen molar-refractivity contribution in [3.63, 3.8) is 0 Å². The summed E-state index contributed by atoms with van der Waals surface area (Å²) < 4.78 is 7.34. The van der Waals surface area contributed by atoms with Gasteiger partial charge in [0.2, 0.25) is 0 Å². The highest BCUT2D eigenvalue weighted by molar-refractivity contribution is 6.99. The maximum atomic E-state index is 11.1. The molecule has 0 saturated heterocycles. The lowest BCUT2D eigenvalue weighted by atomic mass is 10.3. The topological polar surface area (TPSA) is 95.3 Å². The average molecular weight is 203 g/mol. The molecule has 7 heteroatoms. The summed E-state index contributed by atoms with van der Waals surface area (Å²) in [5.74, 6) is -0.402. The van der Waals surface area contributed by atoms with E-state index in [9.17, 15) is 4.79 Å². The molecular formula is C6H9N3O3S. The van der Waals surface area contributed by atoms with Gasteiger partial charge in [-0.1, -0.05) is 0 Å². The monoisotopic (exact) mass is 203 g/mol. The van der Waals surface area contributed by atoms with Gasteiger partial charge in [-0.25, -0.2) is 0 Å². The van der Waals surface area contributed by atoms with Crippen molar-refractivity contribution in [3.8, 4) is 0 Å². The molecule has 1 atom stereocenters. The van der Waals surface area contributed by atoms with E-state index in [1.807, 2.05) is 0 Å². The van der Waals surface area contributed by atoms with E-state index in [4.69, 9.17) is 10.2 Å². The molecule has 0 aliphatic rings. The molecule has 6 nitrogen and oxygen atoms in total. The average Bonchev–Trinajstić information content (AvgIpc) is 2.66. The number of aromatic nitrogens is 2. The third-order valence-corrected chi connectivity index (χ3v) is 1.78. The van der Waals surface area contributed by atoms with Gasteiger partial charge in [0.25, 0.3) is 5.91 Å². The van der Waals surface area contributed by atoms with Crippen molar-refractivity contribution in [1.82, 2.24) is 14.1 Å². The summed E-state index contributed by atoms with van der Waals surface area (Å²) in [6.45, 7) is -0.373. The quantitative estimate of drug-likeness (QED) is 0.560. The van der Waals surface area contributed by atoms with Gasteiger partial charge in [0.1, 0.15) is 0 Å². The van der Waals surface area contributed by atoms with Gasteiger partial charge in [-0.15, -0.1) is 0 Å². The first-order chi connectivity index (χ1) is 6.24. The molecule has 1 aromatic heterocycles. The minimum absolute atomic E-state index is 0.00681. The first-order valence-corrected chi connectivity index (χ1v) is 4.31. The van der Waals surface area contributed by atoms with E-state index in [1.54, 1.807) is 0 Å². The number of nitrogens with one attached hydrogen (secondary N) is 1. The number of hydrogen-bond acceptors (Lipinski definition) is 6. The van der Waals surface area contributed by atoms with Crippen LogP contribution in [-0.4, -0.2) is 44.1 Å². The van der Waals surface area contributed by atoms with E-state index in [0.29, 0.717) is 0 Å². The van der Waals surface area contributed by atoms with Crippen LogP contribution < -0.4 is 5.32 Å². The second-order valence-electron chi connectivity index (χ2n) is 2.34. The van der Waals surface area contributed by atoms with E-state index < -0.39 is 12.0 Å². The first kappa shape index (κ1) is 10.0. The van der Waals surface area contributed by atoms with Crippen molar-refractivity contribution in [2.24, 2.45) is 0 Å². The van der Waals surface area contributed by atoms with E-state index in [2.05, 4.69) is 14.1 Å². The zero-order chi connectivity index (χ0) is 9.68. The predicted molar refractivity (Wildman–Crippen MR) is 45.3 cm³/mol. The molecule has 72 valence electrons. The lowest BCUT2D eigenvalue weighted by Gasteiger charge is -2.06. The van der Waals surface area contributed by atoms with E-state index in [1.165, 1.54) is 6.20 Å². The molecule has 3 N–H and O–H groups in total. The summed E-state index contributed by atoms with van der Waals surface area (Å²) in [6, 6.07) is 0. The molecule has 0 fully saturated rings. The highest BCUT2D eigenvalue weighted by atomic mass is 32.1. The Morgan fingerprint density at radius 3 is 3.08 bits per heavy atom. The summed E-state index contributed by atoms with van der Waals surface area (Å²) in [5, 5.41) is 19.7. The van der Waals surface area contributed by atoms with Crippen molar-refractivity contribution < 1.29 is 15.0 Å². The minimum atomic E-state index is -0.935. The number of amides is 1. The molecule has 0 aliphatic heterocycles. The zero-order valence-electron chi connectivity index (χ0n) is 6.67. The molecule has 1 heterocycles. The summed E-state index contributed by atoms with van der Waals surface area (Å²) in [6.07, 6.45) is 0.404. The molecular weight excluding hydrogens is 194 g/mol. The van der Waals surface area contributed by atoms with Crippen LogP contribution in [0.1, 0.15) is 10.5 Å². The Morgan fingerprint density at radius 2 is 2.54 bits per heavy atom. The van der Waals surface area contributed by atoms with Gasteiger partial charge in [-0.2, -0.15) is 8.75 Å². The number of carbonyl (C=O) groups is 1. The Hall–Kier alpha value is -1.05. The maximum absolute atomic E-state index is 11.1. The van der Waals surface area contributed by atoms with Crippen LogP contribution in [0.2, 0.25) is 0 Å². The zero-order valence-corrected chi connectivity index (χ0v) is 7.49. The Bertz CT molecular complexity index is 264. The smallest absolute Gasteiger partial charge is 0.272 e. The summed E-state index contributed by atoms with van der Waals surface area (Å²) in [5.41, 5.74) is 0.218. The van der Waals surface area contributed by atoms with Crippen molar-refractivity contribution in [2.45, 2.75) is 6.10 Å². The number of hydrogen-bond donors (Lipinski definition) is 3. The summed E-state index contributed by atoms with van der Waals surface area (Å²) in [4.78, 5) is 11.1. The van der Waals surface area contributed by atoms with E-state index in [-0.39, 0.29) is 18.8 Å². The van der Waals surface area contributed by atoms with Crippen molar-refractivity contribution >= 4 is 17.6 Å². The van der Waals surface area contributed by atoms with Gasteiger partial charge >= 0.3 is 0 Å². The third kappa shape index (κ3) is 3.05. The standard InChI is InChI=1S/C6H9N3O3S/c10-3-4(11)1-7-6(12)5-2-8-13-9-5/h2,4,10-11H,1,3H2,(H,7,12). The fourth-order valence-electron chi connectivity index (χ4n) is 0.630. The molecule has 0 saturated carbocycles. The van der Waals surface area contributed by atoms with Gasteiger partial charge in [-0.05, 0) is 0 Å². The normalized spacial score (nSPS) is 12.5. The van der Waals surface area contributed by atoms with Crippen LogP contribution in [0.25, 0.3) is 0 Å². The second kappa shape index (κ2) is 4.85. The summed E-state index contributed by atoms with van der Waals surface area (Å²) in [7, 11) is 0. The maximum Gasteiger partial charge on any atom is 0.272 e. The van der Waals surface area contributed by atoms with Crippen LogP contribution >= 0.6 is 11.7 Å². The molecule has 1 amide bonds. The first-order valence-electron chi connectivity index (χ1n) is 3.58. The van der Waals surface area contributed by atoms with Gasteiger partial charge < -0.3 is 15.5 Å². The van der Waals surface area contributed by atoms with Crippen molar-refractivity contribution in [2.75, 3.05) is 13.2 Å². The van der Waals surface area contributed by atoms with Crippen LogP contribution in [0.4, 0.5) is 0 Å². The molecule has 0 radical (unpaired) electrons. The third-order valence-electron chi connectivity index (χ3n) is 1.30. The van der Waals surface area contributed by atoms with Crippen LogP contribution in [0.15, 0.2) is 6.20 Å². The minimum Gasteiger partial charge on any atom is -0.394 e. The van der Waals surface area contributed by atoms with Crippen LogP contribution in [0, 0.1) is 0 Å². The Labute approximate surface area is 78.6 Å². The van der Waals surface area contributed by atoms with Crippen LogP contribution in [0.3, 0.4) is 0 Å². The number of aliphatic hydroxyl groups is 2. The molecule has 1 aromatic rings. The van der Waals surface area contributed by atoms with Gasteiger partial charge in [0, 0.05) is 6.54 Å². The Morgan fingerprint density at radius 1 is 1.77 bits per heavy atom. The molecule has 0 spiro atoms. The number of rotatable bonds is 4. The summed E-state index contributed by atoms with van der Waals surface area (Å²) >= 11 is 0.935. The van der Waals surface area contributed by atoms with Crippen LogP contribution in [-0.2, 0) is 0 Å². The van der Waals surface area contributed by atoms with Crippen molar-refractivity contribution in [1.29, 1.82) is 0 Å². The molecule has 0 aliphatic carbocycles. The molecule has 1 unspecified atom stereocenters. The number of nitrogens with zero attached hydrogens (tertiary/aromatic N) is 2. The lowest BCUT2D eigenvalue weighted by molar-refractivity contribution is 0.0799.